The fraction of sp³-hybridized carbons (Fsp3) is 0.647. The van der Waals surface area contributed by atoms with Crippen LogP contribution in [0, 0.1) is 11.7 Å². The summed E-state index contributed by atoms with van der Waals surface area (Å²) in [6.45, 7) is 4.79. The minimum atomic E-state index is -0.258. The molecule has 2 saturated heterocycles. The molecule has 140 valence electrons. The van der Waals surface area contributed by atoms with Gasteiger partial charge in [0, 0.05) is 45.5 Å². The molecule has 2 unspecified atom stereocenters. The Morgan fingerprint density at radius 2 is 2.20 bits per heavy atom. The van der Waals surface area contributed by atoms with E-state index in [2.05, 4.69) is 32.6 Å². The van der Waals surface area contributed by atoms with Gasteiger partial charge < -0.3 is 20.4 Å². The molecule has 1 aromatic heterocycles. The summed E-state index contributed by atoms with van der Waals surface area (Å²) in [7, 11) is 3.96. The summed E-state index contributed by atoms with van der Waals surface area (Å²) >= 11 is 0. The second-order valence-corrected chi connectivity index (χ2v) is 6.75. The van der Waals surface area contributed by atoms with Crippen molar-refractivity contribution in [2.75, 3.05) is 51.7 Å². The lowest BCUT2D eigenvalue weighted by Gasteiger charge is -2.20. The molecule has 0 aliphatic carbocycles. The van der Waals surface area contributed by atoms with Gasteiger partial charge >= 0.3 is 0 Å². The van der Waals surface area contributed by atoms with Crippen LogP contribution >= 0.6 is 24.0 Å². The van der Waals surface area contributed by atoms with E-state index in [1.165, 1.54) is 19.0 Å². The van der Waals surface area contributed by atoms with E-state index >= 15 is 0 Å². The lowest BCUT2D eigenvalue weighted by Crippen LogP contribution is -2.46. The van der Waals surface area contributed by atoms with Crippen LogP contribution in [-0.2, 0) is 0 Å². The molecule has 1 aromatic rings. The van der Waals surface area contributed by atoms with Gasteiger partial charge in [0.2, 0.25) is 0 Å². The highest BCUT2D eigenvalue weighted by molar-refractivity contribution is 14.0. The van der Waals surface area contributed by atoms with Crippen molar-refractivity contribution in [1.29, 1.82) is 0 Å². The monoisotopic (exact) mass is 462 g/mol. The lowest BCUT2D eigenvalue weighted by atomic mass is 10.1. The number of hydrogen-bond acceptors (Lipinski definition) is 4. The zero-order valence-electron chi connectivity index (χ0n) is 14.9. The van der Waals surface area contributed by atoms with Crippen LogP contribution in [0.25, 0.3) is 0 Å². The van der Waals surface area contributed by atoms with Crippen molar-refractivity contribution in [2.45, 2.75) is 18.9 Å². The van der Waals surface area contributed by atoms with Crippen molar-refractivity contribution in [3.63, 3.8) is 0 Å². The average molecular weight is 462 g/mol. The topological polar surface area (TPSA) is 55.8 Å². The van der Waals surface area contributed by atoms with E-state index in [0.717, 1.165) is 38.6 Å². The summed E-state index contributed by atoms with van der Waals surface area (Å²) in [5.41, 5.74) is 0. The van der Waals surface area contributed by atoms with E-state index in [9.17, 15) is 4.39 Å². The van der Waals surface area contributed by atoms with Crippen molar-refractivity contribution in [3.8, 4) is 0 Å². The Kier molecular flexibility index (Phi) is 7.67. The van der Waals surface area contributed by atoms with E-state index in [4.69, 9.17) is 0 Å². The molecule has 3 heterocycles. The van der Waals surface area contributed by atoms with Crippen LogP contribution in [0.5, 0.6) is 0 Å². The van der Waals surface area contributed by atoms with Gasteiger partial charge in [-0.2, -0.15) is 0 Å². The molecule has 8 heteroatoms. The molecule has 6 nitrogen and oxygen atoms in total. The van der Waals surface area contributed by atoms with Crippen molar-refractivity contribution < 1.29 is 4.39 Å². The van der Waals surface area contributed by atoms with Crippen molar-refractivity contribution in [2.24, 2.45) is 10.9 Å². The molecule has 2 aliphatic rings. The van der Waals surface area contributed by atoms with Gasteiger partial charge in [-0.3, -0.25) is 4.99 Å². The van der Waals surface area contributed by atoms with Gasteiger partial charge in [0.05, 0.1) is 0 Å². The van der Waals surface area contributed by atoms with Gasteiger partial charge in [0.1, 0.15) is 0 Å². The molecule has 0 bridgehead atoms. The molecule has 0 radical (unpaired) electrons. The van der Waals surface area contributed by atoms with E-state index < -0.39 is 0 Å². The van der Waals surface area contributed by atoms with Gasteiger partial charge in [-0.05, 0) is 44.5 Å². The fourth-order valence-electron chi connectivity index (χ4n) is 3.50. The maximum absolute atomic E-state index is 13.9. The number of nitrogens with zero attached hydrogens (tertiary/aromatic N) is 4. The van der Waals surface area contributed by atoms with Crippen LogP contribution in [-0.4, -0.2) is 68.7 Å². The Balaban J connectivity index is 0.00000225. The summed E-state index contributed by atoms with van der Waals surface area (Å²) in [6.07, 6.45) is 3.82. The number of likely N-dealkylation sites (tertiary alicyclic amines) is 1. The third-order valence-corrected chi connectivity index (χ3v) is 4.84. The molecule has 0 spiro atoms. The zero-order valence-corrected chi connectivity index (χ0v) is 17.2. The second kappa shape index (κ2) is 9.51. The molecule has 0 amide bonds. The van der Waals surface area contributed by atoms with Crippen molar-refractivity contribution in [3.05, 3.63) is 24.1 Å². The van der Waals surface area contributed by atoms with Gasteiger partial charge in [0.15, 0.2) is 17.6 Å². The Hall–Kier alpha value is -1.16. The maximum atomic E-state index is 13.9. The molecule has 25 heavy (non-hydrogen) atoms. The van der Waals surface area contributed by atoms with Gasteiger partial charge in [-0.1, -0.05) is 0 Å². The third kappa shape index (κ3) is 5.40. The minimum Gasteiger partial charge on any atom is -0.356 e. The quantitative estimate of drug-likeness (QED) is 0.404. The summed E-state index contributed by atoms with van der Waals surface area (Å²) in [4.78, 5) is 12.8. The average Bonchev–Trinajstić information content (AvgIpc) is 3.21. The molecule has 2 N–H and O–H groups in total. The molecular formula is C17H28FIN6. The number of pyridine rings is 1. The smallest absolute Gasteiger partial charge is 0.191 e. The number of hydrogen-bond donors (Lipinski definition) is 2. The predicted octanol–water partition coefficient (Wildman–Crippen LogP) is 1.53. The van der Waals surface area contributed by atoms with Crippen LogP contribution in [0.2, 0.25) is 0 Å². The van der Waals surface area contributed by atoms with E-state index in [-0.39, 0.29) is 35.8 Å². The first-order valence-corrected chi connectivity index (χ1v) is 8.67. The maximum Gasteiger partial charge on any atom is 0.191 e. The van der Waals surface area contributed by atoms with Crippen molar-refractivity contribution in [1.82, 2.24) is 20.5 Å². The lowest BCUT2D eigenvalue weighted by molar-refractivity contribution is 0.393. The number of anilines is 1. The standard InChI is InChI=1S/C17H27FN6.HI/c1-19-17(21-10-13-5-8-23(2)11-13)22-14-6-9-24(12-14)16-15(18)4-3-7-20-16;/h3-4,7,13-14H,5-6,8-12H2,1-2H3,(H2,19,21,22);1H. The highest BCUT2D eigenvalue weighted by atomic mass is 127. The van der Waals surface area contributed by atoms with Crippen LogP contribution in [0.3, 0.4) is 0 Å². The molecule has 2 aliphatic heterocycles. The van der Waals surface area contributed by atoms with E-state index in [1.54, 1.807) is 19.3 Å². The molecule has 0 aromatic carbocycles. The Morgan fingerprint density at radius 1 is 1.36 bits per heavy atom. The minimum absolute atomic E-state index is 0. The number of nitrogens with one attached hydrogen (secondary N) is 2. The number of aromatic nitrogens is 1. The highest BCUT2D eigenvalue weighted by Gasteiger charge is 2.26. The van der Waals surface area contributed by atoms with Crippen LogP contribution in [0.4, 0.5) is 10.2 Å². The number of rotatable bonds is 4. The van der Waals surface area contributed by atoms with E-state index in [0.29, 0.717) is 11.7 Å². The third-order valence-electron chi connectivity index (χ3n) is 4.84. The zero-order chi connectivity index (χ0) is 16.9. The number of halogens is 2. The Morgan fingerprint density at radius 3 is 2.88 bits per heavy atom. The Labute approximate surface area is 166 Å². The predicted molar refractivity (Wildman–Crippen MR) is 110 cm³/mol. The molecule has 0 saturated carbocycles. The molecule has 3 rings (SSSR count). The summed E-state index contributed by atoms with van der Waals surface area (Å²) < 4.78 is 13.9. The van der Waals surface area contributed by atoms with Gasteiger partial charge in [-0.25, -0.2) is 9.37 Å². The largest absolute Gasteiger partial charge is 0.356 e. The molecule has 2 fully saturated rings. The molecule has 2 atom stereocenters. The summed E-state index contributed by atoms with van der Waals surface area (Å²) in [5.74, 6) is 1.69. The SMILES string of the molecule is CN=C(NCC1CCN(C)C1)NC1CCN(c2ncccc2F)C1.I. The number of guanidine groups is 1. The van der Waals surface area contributed by atoms with E-state index in [1.807, 2.05) is 4.90 Å². The van der Waals surface area contributed by atoms with Crippen LogP contribution in [0.1, 0.15) is 12.8 Å². The first-order valence-electron chi connectivity index (χ1n) is 8.67. The normalized spacial score (nSPS) is 24.3. The van der Waals surface area contributed by atoms with Crippen LogP contribution in [0.15, 0.2) is 23.3 Å². The first kappa shape index (κ1) is 20.2. The first-order chi connectivity index (χ1) is 11.7. The van der Waals surface area contributed by atoms with Gasteiger partial charge in [-0.15, -0.1) is 24.0 Å². The summed E-state index contributed by atoms with van der Waals surface area (Å²) in [6, 6.07) is 3.34. The van der Waals surface area contributed by atoms with Crippen molar-refractivity contribution >= 4 is 35.8 Å². The van der Waals surface area contributed by atoms with Gasteiger partial charge in [0.25, 0.3) is 0 Å². The fourth-order valence-corrected chi connectivity index (χ4v) is 3.50. The summed E-state index contributed by atoms with van der Waals surface area (Å²) in [5, 5.41) is 6.88. The Bertz CT molecular complexity index is 584. The molecular weight excluding hydrogens is 434 g/mol. The second-order valence-electron chi connectivity index (χ2n) is 6.75. The van der Waals surface area contributed by atoms with Crippen LogP contribution < -0.4 is 15.5 Å². The highest BCUT2D eigenvalue weighted by Crippen LogP contribution is 2.20. The number of aliphatic imine (C=N–C) groups is 1.